The Labute approximate surface area is 373 Å². The molecule has 0 saturated carbocycles. The molecule has 28 heteroatoms. The Balaban J connectivity index is 3.19. The molecule has 0 aliphatic carbocycles. The highest BCUT2D eigenvalue weighted by molar-refractivity contribution is 5.97. The van der Waals surface area contributed by atoms with E-state index in [9.17, 15) is 53.7 Å². The number of aliphatic hydroxyl groups excluding tert-OH is 2. The summed E-state index contributed by atoms with van der Waals surface area (Å²) in [6, 6.07) is -0.436. The maximum Gasteiger partial charge on any atom is 0.326 e. The van der Waals surface area contributed by atoms with Crippen molar-refractivity contribution in [1.82, 2.24) is 53.2 Å². The first-order valence-corrected chi connectivity index (χ1v) is 20.3. The van der Waals surface area contributed by atoms with E-state index >= 15 is 0 Å². The van der Waals surface area contributed by atoms with Crippen molar-refractivity contribution in [3.63, 3.8) is 0 Å². The normalized spacial score (nSPS) is 13.3. The molecule has 0 spiro atoms. The van der Waals surface area contributed by atoms with E-state index in [1.807, 2.05) is 0 Å². The molecule has 28 nitrogen and oxygen atoms in total. The molecule has 0 saturated heterocycles. The summed E-state index contributed by atoms with van der Waals surface area (Å²) in [6.07, 6.45) is 0.134. The Bertz CT molecular complexity index is 1790. The maximum absolute atomic E-state index is 13.8. The summed E-state index contributed by atoms with van der Waals surface area (Å²) in [5.74, 6) is -8.89. The fraction of sp³-hybridized carbons (Fsp3) is 0.541. The minimum absolute atomic E-state index is 0.0627. The van der Waals surface area contributed by atoms with Crippen LogP contribution in [0, 0.1) is 16.2 Å². The summed E-state index contributed by atoms with van der Waals surface area (Å²) in [5.41, 5.74) is 21.7. The minimum Gasteiger partial charge on any atom is -0.480 e. The van der Waals surface area contributed by atoms with Gasteiger partial charge in [-0.25, -0.2) is 4.79 Å². The van der Waals surface area contributed by atoms with Crippen LogP contribution in [0.3, 0.4) is 0 Å². The summed E-state index contributed by atoms with van der Waals surface area (Å²) in [4.78, 5) is 104. The summed E-state index contributed by atoms with van der Waals surface area (Å²) in [7, 11) is 0. The van der Waals surface area contributed by atoms with Crippen LogP contribution in [0.4, 0.5) is 0 Å². The van der Waals surface area contributed by atoms with Crippen LogP contribution >= 0.6 is 0 Å². The molecule has 0 bridgehead atoms. The molecule has 0 aliphatic rings. The van der Waals surface area contributed by atoms with Crippen LogP contribution in [0.1, 0.15) is 44.1 Å². The van der Waals surface area contributed by atoms with Crippen LogP contribution in [-0.2, 0) is 44.8 Å². The van der Waals surface area contributed by atoms with Gasteiger partial charge in [0, 0.05) is 26.1 Å². The summed E-state index contributed by atoms with van der Waals surface area (Å²) < 4.78 is 0. The molecular weight excluding hydrogens is 859 g/mol. The number of hydrogen-bond donors (Lipinski definition) is 20. The number of benzene rings is 1. The van der Waals surface area contributed by atoms with Crippen LogP contribution in [-0.4, -0.2) is 163 Å². The lowest BCUT2D eigenvalue weighted by molar-refractivity contribution is -0.142. The zero-order valence-corrected chi connectivity index (χ0v) is 35.7. The molecule has 65 heavy (non-hydrogen) atoms. The molecule has 0 unspecified atom stereocenters. The quantitative estimate of drug-likeness (QED) is 0.0187. The molecule has 24 N–H and O–H groups in total. The average Bonchev–Trinajstić information content (AvgIpc) is 3.26. The van der Waals surface area contributed by atoms with Crippen LogP contribution in [0.2, 0.25) is 0 Å². The number of nitrogens with one attached hydrogen (secondary N) is 13. The van der Waals surface area contributed by atoms with Gasteiger partial charge in [0.25, 0.3) is 0 Å². The highest BCUT2D eigenvalue weighted by Crippen LogP contribution is 2.07. The largest absolute Gasteiger partial charge is 0.480 e. The number of amides is 7. The van der Waals surface area contributed by atoms with E-state index in [1.54, 1.807) is 30.3 Å². The van der Waals surface area contributed by atoms with Crippen LogP contribution < -0.4 is 76.1 Å². The fourth-order valence-electron chi connectivity index (χ4n) is 5.71. The number of carbonyl (C=O) groups excluding carboxylic acids is 7. The van der Waals surface area contributed by atoms with Crippen molar-refractivity contribution in [3.8, 4) is 0 Å². The van der Waals surface area contributed by atoms with Crippen molar-refractivity contribution >= 4 is 65.2 Å². The van der Waals surface area contributed by atoms with Crippen molar-refractivity contribution in [3.05, 3.63) is 35.9 Å². The maximum atomic E-state index is 13.8. The van der Waals surface area contributed by atoms with E-state index in [-0.39, 0.29) is 82.5 Å². The summed E-state index contributed by atoms with van der Waals surface area (Å²) in [5, 5.41) is 75.5. The number of nitrogens with two attached hydrogens (primary N) is 4. The number of hydrogen-bond acceptors (Lipinski definition) is 14. The second-order valence-corrected chi connectivity index (χ2v) is 14.2. The molecule has 1 rings (SSSR count). The molecule has 0 fully saturated rings. The van der Waals surface area contributed by atoms with Crippen molar-refractivity contribution in [2.24, 2.45) is 22.9 Å². The van der Waals surface area contributed by atoms with Crippen molar-refractivity contribution in [1.29, 1.82) is 16.2 Å². The van der Waals surface area contributed by atoms with Gasteiger partial charge in [-0.1, -0.05) is 30.3 Å². The zero-order valence-electron chi connectivity index (χ0n) is 35.7. The Morgan fingerprint density at radius 1 is 0.508 bits per heavy atom. The average molecular weight is 922 g/mol. The van der Waals surface area contributed by atoms with Crippen LogP contribution in [0.15, 0.2) is 30.3 Å². The van der Waals surface area contributed by atoms with Crippen LogP contribution in [0.25, 0.3) is 0 Å². The summed E-state index contributed by atoms with van der Waals surface area (Å²) >= 11 is 0. The third-order valence-electron chi connectivity index (χ3n) is 9.03. The zero-order chi connectivity index (χ0) is 48.9. The number of carbonyl (C=O) groups is 8. The Hall–Kier alpha value is -7.33. The van der Waals surface area contributed by atoms with Gasteiger partial charge in [-0.3, -0.25) is 49.8 Å². The van der Waals surface area contributed by atoms with Gasteiger partial charge in [0.05, 0.1) is 26.3 Å². The first kappa shape index (κ1) is 55.7. The fourth-order valence-corrected chi connectivity index (χ4v) is 5.71. The second kappa shape index (κ2) is 30.7. The van der Waals surface area contributed by atoms with Gasteiger partial charge in [-0.15, -0.1) is 0 Å². The molecule has 1 aromatic carbocycles. The number of aliphatic carboxylic acids is 1. The minimum atomic E-state index is -1.69. The van der Waals surface area contributed by atoms with E-state index in [0.29, 0.717) is 5.56 Å². The lowest BCUT2D eigenvalue weighted by Crippen LogP contribution is -2.60. The number of rotatable bonds is 31. The van der Waals surface area contributed by atoms with E-state index in [0.717, 1.165) is 0 Å². The smallest absolute Gasteiger partial charge is 0.326 e. The number of guanidine groups is 3. The second-order valence-electron chi connectivity index (χ2n) is 14.2. The van der Waals surface area contributed by atoms with Gasteiger partial charge < -0.3 is 91.4 Å². The van der Waals surface area contributed by atoms with E-state index in [1.165, 1.54) is 0 Å². The molecule has 1 aromatic rings. The third kappa shape index (κ3) is 23.6. The van der Waals surface area contributed by atoms with E-state index < -0.39 is 110 Å². The Morgan fingerprint density at radius 2 is 0.892 bits per heavy atom. The molecule has 0 heterocycles. The summed E-state index contributed by atoms with van der Waals surface area (Å²) in [6.45, 7) is -2.76. The standard InChI is InChI=1S/C37H63N17O11/c38-16-27(57)50-26(19-56)33(63)51-22(10-5-13-46-36(41)42)31(61)53-24(15-20-7-2-1-3-8-20)32(62)54-25(18-55)29(59)48-17-28(58)49-21(9-4-12-45-35(39)40)30(60)52-23(34(64)65)11-6-14-47-37(43)44/h1-3,7-8,21-26,55-56H,4-6,9-19,38H2,(H,48,59)(H,49,58)(H,50,57)(H,51,63)(H,52,60)(H,53,61)(H,54,62)(H,64,65)(H4,39,40,45)(H4,41,42,46)(H4,43,44,47)/t21-,22-,23-,24-,25-,26-/m0/s1. The van der Waals surface area contributed by atoms with E-state index in [2.05, 4.69) is 53.2 Å². The first-order valence-electron chi connectivity index (χ1n) is 20.3. The highest BCUT2D eigenvalue weighted by Gasteiger charge is 2.32. The van der Waals surface area contributed by atoms with Crippen LogP contribution in [0.5, 0.6) is 0 Å². The molecular formula is C37H63N17O11. The molecule has 6 atom stereocenters. The lowest BCUT2D eigenvalue weighted by Gasteiger charge is -2.26. The van der Waals surface area contributed by atoms with Crippen molar-refractivity contribution < 1.29 is 53.7 Å². The molecule has 0 radical (unpaired) electrons. The molecule has 7 amide bonds. The number of aliphatic hydroxyl groups is 2. The molecule has 0 aromatic heterocycles. The number of carboxylic acid groups (broad SMARTS) is 1. The van der Waals surface area contributed by atoms with Gasteiger partial charge >= 0.3 is 5.97 Å². The highest BCUT2D eigenvalue weighted by atomic mass is 16.4. The van der Waals surface area contributed by atoms with Gasteiger partial charge in [0.15, 0.2) is 17.9 Å². The lowest BCUT2D eigenvalue weighted by atomic mass is 10.0. The topological polar surface area (TPSA) is 493 Å². The van der Waals surface area contributed by atoms with Gasteiger partial charge in [-0.2, -0.15) is 0 Å². The first-order chi connectivity index (χ1) is 30.8. The predicted octanol–water partition coefficient (Wildman–Crippen LogP) is -7.93. The Kier molecular flexibility index (Phi) is 26.3. The molecule has 0 aliphatic heterocycles. The van der Waals surface area contributed by atoms with Crippen molar-refractivity contribution in [2.45, 2.75) is 81.2 Å². The van der Waals surface area contributed by atoms with Gasteiger partial charge in [0.2, 0.25) is 41.4 Å². The SMILES string of the molecule is N=C(N)NCCC[C@H](NC(=O)[C@H](CCCNC(=N)N)NC(=O)CNC(=O)[C@H](CO)NC(=O)[C@H](Cc1ccccc1)NC(=O)[C@H](CCCNC(=N)N)NC(=O)[C@H](CO)NC(=O)CN)C(=O)O. The Morgan fingerprint density at radius 3 is 1.35 bits per heavy atom. The van der Waals surface area contributed by atoms with Gasteiger partial charge in [0.1, 0.15) is 36.3 Å². The third-order valence-corrected chi connectivity index (χ3v) is 9.03. The number of carboxylic acids is 1. The van der Waals surface area contributed by atoms with Gasteiger partial charge in [-0.05, 0) is 44.1 Å². The predicted molar refractivity (Wildman–Crippen MR) is 233 cm³/mol. The van der Waals surface area contributed by atoms with Crippen molar-refractivity contribution in [2.75, 3.05) is 45.9 Å². The molecule has 362 valence electrons. The monoisotopic (exact) mass is 921 g/mol. The van der Waals surface area contributed by atoms with E-state index in [4.69, 9.17) is 39.2 Å².